The molecule has 0 N–H and O–H groups in total. The number of benzene rings is 3. The highest BCUT2D eigenvalue weighted by atomic mass is 14.6. The minimum absolute atomic E-state index is 0.891. The molecule has 5 aromatic rings. The first kappa shape index (κ1) is 23.9. The first-order valence-corrected chi connectivity index (χ1v) is 12.0. The molecule has 174 valence electrons. The van der Waals surface area contributed by atoms with Crippen molar-refractivity contribution in [3.05, 3.63) is 166 Å². The zero-order chi connectivity index (χ0) is 25.8. The maximum Gasteiger partial charge on any atom is 0.0432 e. The molecule has 0 amide bonds. The highest BCUT2D eigenvalue weighted by molar-refractivity contribution is 5.51. The molecular formula is C36H20N2. The molecule has 2 heteroatoms. The molecule has 0 fully saturated rings. The van der Waals surface area contributed by atoms with E-state index in [-0.39, 0.29) is 0 Å². The van der Waals surface area contributed by atoms with Gasteiger partial charge in [0.15, 0.2) is 0 Å². The number of rotatable bonds is 0. The zero-order valence-electron chi connectivity index (χ0n) is 20.4. The van der Waals surface area contributed by atoms with Crippen molar-refractivity contribution in [2.45, 2.75) is 0 Å². The van der Waals surface area contributed by atoms with Gasteiger partial charge in [0.25, 0.3) is 0 Å². The number of hydrogen-bond acceptors (Lipinski definition) is 2. The lowest BCUT2D eigenvalue weighted by molar-refractivity contribution is 1.31. The average molecular weight is 481 g/mol. The van der Waals surface area contributed by atoms with Crippen LogP contribution in [0.2, 0.25) is 0 Å². The van der Waals surface area contributed by atoms with Crippen LogP contribution in [0.5, 0.6) is 0 Å². The number of hydrogen-bond donors (Lipinski definition) is 0. The molecule has 2 aromatic heterocycles. The topological polar surface area (TPSA) is 25.8 Å². The van der Waals surface area contributed by atoms with Gasteiger partial charge in [-0.2, -0.15) is 0 Å². The van der Waals surface area contributed by atoms with E-state index < -0.39 is 0 Å². The molecule has 0 radical (unpaired) electrons. The van der Waals surface area contributed by atoms with Crippen LogP contribution < -0.4 is 0 Å². The van der Waals surface area contributed by atoms with Crippen molar-refractivity contribution in [1.29, 1.82) is 0 Å². The predicted octanol–water partition coefficient (Wildman–Crippen LogP) is 6.08. The van der Waals surface area contributed by atoms with Crippen molar-refractivity contribution in [3.63, 3.8) is 0 Å². The van der Waals surface area contributed by atoms with Crippen LogP contribution in [0.25, 0.3) is 0 Å². The summed E-state index contributed by atoms with van der Waals surface area (Å²) in [5.74, 6) is 25.4. The molecule has 38 heavy (non-hydrogen) atoms. The van der Waals surface area contributed by atoms with Crippen LogP contribution in [0.3, 0.4) is 0 Å². The second-order valence-corrected chi connectivity index (χ2v) is 8.22. The maximum absolute atomic E-state index is 4.08. The van der Waals surface area contributed by atoms with Crippen molar-refractivity contribution >= 4 is 0 Å². The van der Waals surface area contributed by atoms with Crippen molar-refractivity contribution in [3.8, 4) is 47.4 Å². The van der Waals surface area contributed by atoms with Gasteiger partial charge in [0.2, 0.25) is 0 Å². The van der Waals surface area contributed by atoms with E-state index in [2.05, 4.69) is 57.3 Å². The van der Waals surface area contributed by atoms with E-state index in [0.717, 1.165) is 44.5 Å². The van der Waals surface area contributed by atoms with E-state index in [0.29, 0.717) is 0 Å². The van der Waals surface area contributed by atoms with E-state index in [1.54, 1.807) is 24.8 Å². The Labute approximate surface area is 223 Å². The van der Waals surface area contributed by atoms with E-state index >= 15 is 0 Å². The quantitative estimate of drug-likeness (QED) is 0.251. The first-order chi connectivity index (χ1) is 18.8. The fourth-order valence-electron chi connectivity index (χ4n) is 3.40. The van der Waals surface area contributed by atoms with Gasteiger partial charge in [-0.05, 0) is 91.0 Å². The van der Waals surface area contributed by atoms with Gasteiger partial charge in [-0.25, -0.2) is 0 Å². The Morgan fingerprint density at radius 1 is 0.316 bits per heavy atom. The summed E-state index contributed by atoms with van der Waals surface area (Å²) in [5.41, 5.74) is 7.34. The summed E-state index contributed by atoms with van der Waals surface area (Å²) in [6.07, 6.45) is 6.98. The van der Waals surface area contributed by atoms with Crippen molar-refractivity contribution in [1.82, 2.24) is 9.97 Å². The zero-order valence-corrected chi connectivity index (χ0v) is 20.4. The van der Waals surface area contributed by atoms with E-state index in [9.17, 15) is 0 Å². The third-order valence-corrected chi connectivity index (χ3v) is 5.36. The highest BCUT2D eigenvalue weighted by Gasteiger charge is 1.94. The first-order valence-electron chi connectivity index (χ1n) is 12.0. The maximum atomic E-state index is 4.08. The highest BCUT2D eigenvalue weighted by Crippen LogP contribution is 2.07. The SMILES string of the molecule is C(#Cc1cccnc1)c1ccc(C#Cc2cccc(C#Cc3ccc(C#Cc4cccnc4)cc3)c2)cc1. The van der Waals surface area contributed by atoms with Crippen molar-refractivity contribution in [2.24, 2.45) is 0 Å². The van der Waals surface area contributed by atoms with Crippen LogP contribution in [0.4, 0.5) is 0 Å². The monoisotopic (exact) mass is 480 g/mol. The summed E-state index contributed by atoms with van der Waals surface area (Å²) < 4.78 is 0. The lowest BCUT2D eigenvalue weighted by Crippen LogP contribution is -1.81. The summed E-state index contributed by atoms with van der Waals surface area (Å²) in [7, 11) is 0. The number of aromatic nitrogens is 2. The van der Waals surface area contributed by atoms with Crippen LogP contribution in [-0.4, -0.2) is 9.97 Å². The van der Waals surface area contributed by atoms with Gasteiger partial charge in [-0.3, -0.25) is 9.97 Å². The van der Waals surface area contributed by atoms with Crippen molar-refractivity contribution < 1.29 is 0 Å². The Bertz CT molecular complexity index is 1650. The molecule has 0 unspecified atom stereocenters. The Balaban J connectivity index is 1.23. The summed E-state index contributed by atoms with van der Waals surface area (Å²) in [6, 6.07) is 31.4. The molecule has 2 heterocycles. The van der Waals surface area contributed by atoms with Gasteiger partial charge in [0.1, 0.15) is 0 Å². The van der Waals surface area contributed by atoms with E-state index in [1.807, 2.05) is 97.1 Å². The summed E-state index contributed by atoms with van der Waals surface area (Å²) in [5, 5.41) is 0. The summed E-state index contributed by atoms with van der Waals surface area (Å²) >= 11 is 0. The largest absolute Gasteiger partial charge is 0.263 e. The van der Waals surface area contributed by atoms with Crippen LogP contribution in [0.15, 0.2) is 122 Å². The normalized spacial score (nSPS) is 9.26. The third-order valence-electron chi connectivity index (χ3n) is 5.36. The average Bonchev–Trinajstić information content (AvgIpc) is 2.99. The fraction of sp³-hybridized carbons (Fsp3) is 0. The molecule has 0 aliphatic rings. The molecule has 5 rings (SSSR count). The van der Waals surface area contributed by atoms with Crippen LogP contribution >= 0.6 is 0 Å². The Morgan fingerprint density at radius 2 is 0.632 bits per heavy atom. The molecule has 0 atom stereocenters. The van der Waals surface area contributed by atoms with Gasteiger partial charge in [0, 0.05) is 69.3 Å². The Kier molecular flexibility index (Phi) is 7.71. The van der Waals surface area contributed by atoms with Crippen LogP contribution in [-0.2, 0) is 0 Å². The van der Waals surface area contributed by atoms with E-state index in [1.165, 1.54) is 0 Å². The van der Waals surface area contributed by atoms with Gasteiger partial charge < -0.3 is 0 Å². The van der Waals surface area contributed by atoms with Crippen LogP contribution in [0, 0.1) is 47.4 Å². The third kappa shape index (κ3) is 7.11. The van der Waals surface area contributed by atoms with Gasteiger partial charge >= 0.3 is 0 Å². The second kappa shape index (κ2) is 12.2. The Hall–Kier alpha value is -5.80. The molecule has 2 nitrogen and oxygen atoms in total. The second-order valence-electron chi connectivity index (χ2n) is 8.22. The van der Waals surface area contributed by atoms with Crippen LogP contribution in [0.1, 0.15) is 44.5 Å². The van der Waals surface area contributed by atoms with Gasteiger partial charge in [-0.15, -0.1) is 0 Å². The summed E-state index contributed by atoms with van der Waals surface area (Å²) in [6.45, 7) is 0. The molecule has 0 bridgehead atoms. The van der Waals surface area contributed by atoms with Crippen molar-refractivity contribution in [2.75, 3.05) is 0 Å². The molecule has 0 saturated carbocycles. The lowest BCUT2D eigenvalue weighted by Gasteiger charge is -1.95. The molecule has 0 spiro atoms. The standard InChI is InChI=1S/C36H20N2/c1-4-33(20-16-29-8-12-31(13-9-29)18-22-35-6-2-24-37-27-35)26-34(5-1)21-17-30-10-14-32(15-11-30)19-23-36-7-3-25-38-28-36/h1-15,24-28H. The lowest BCUT2D eigenvalue weighted by atomic mass is 10.1. The number of pyridine rings is 2. The summed E-state index contributed by atoms with van der Waals surface area (Å²) in [4.78, 5) is 8.16. The fourth-order valence-corrected chi connectivity index (χ4v) is 3.40. The minimum Gasteiger partial charge on any atom is -0.263 e. The molecule has 0 saturated heterocycles. The molecule has 0 aliphatic heterocycles. The molecule has 3 aromatic carbocycles. The molecular weight excluding hydrogens is 460 g/mol. The molecule has 0 aliphatic carbocycles. The smallest absolute Gasteiger partial charge is 0.0432 e. The Morgan fingerprint density at radius 3 is 0.974 bits per heavy atom. The van der Waals surface area contributed by atoms with Gasteiger partial charge in [-0.1, -0.05) is 53.4 Å². The minimum atomic E-state index is 0.891. The van der Waals surface area contributed by atoms with Gasteiger partial charge in [0.05, 0.1) is 0 Å². The number of nitrogens with zero attached hydrogens (tertiary/aromatic N) is 2. The predicted molar refractivity (Wildman–Crippen MR) is 152 cm³/mol. The van der Waals surface area contributed by atoms with E-state index in [4.69, 9.17) is 0 Å².